The van der Waals surface area contributed by atoms with Crippen LogP contribution in [0.15, 0.2) is 12.2 Å². The number of rotatable bonds is 16. The number of carbonyl (C=O) groups excluding carboxylic acids is 1. The van der Waals surface area contributed by atoms with Gasteiger partial charge in [0.25, 0.3) is 0 Å². The van der Waals surface area contributed by atoms with Crippen LogP contribution in [0.2, 0.25) is 18.1 Å². The summed E-state index contributed by atoms with van der Waals surface area (Å²) in [7, 11) is -1.95. The first-order chi connectivity index (χ1) is 21.1. The van der Waals surface area contributed by atoms with Crippen LogP contribution in [0.4, 0.5) is 0 Å². The standard InChI is InChI=1S/C35H62O8Si/c1-35(2,3)44(4,5)41-26-29-28(17-9-7-6-8-16-27(36)25-40-32-18-10-13-21-37-32)30(42-33-19-11-14-22-38-33)24-31(29)43-34-20-12-15-23-39-34/h7,9,28-34H,6,8,10-26H2,1-5H3/b9-7-/t28-,29-,30-,31-,32?,33?,34?/m1/s1. The molecule has 1 aliphatic carbocycles. The zero-order valence-corrected chi connectivity index (χ0v) is 29.4. The second kappa shape index (κ2) is 18.0. The molecule has 44 heavy (non-hydrogen) atoms. The largest absolute Gasteiger partial charge is 0.416 e. The molecule has 0 amide bonds. The van der Waals surface area contributed by atoms with Crippen LogP contribution in [0, 0.1) is 11.8 Å². The van der Waals surface area contributed by atoms with Crippen LogP contribution in [0.5, 0.6) is 0 Å². The Balaban J connectivity index is 1.35. The lowest BCUT2D eigenvalue weighted by Gasteiger charge is -2.39. The van der Waals surface area contributed by atoms with Gasteiger partial charge in [0.15, 0.2) is 33.0 Å². The second-order valence-electron chi connectivity index (χ2n) is 14.8. The Morgan fingerprint density at radius 3 is 1.91 bits per heavy atom. The van der Waals surface area contributed by atoms with Crippen LogP contribution >= 0.6 is 0 Å². The summed E-state index contributed by atoms with van der Waals surface area (Å²) in [6.45, 7) is 14.7. The lowest BCUT2D eigenvalue weighted by molar-refractivity contribution is -0.204. The quantitative estimate of drug-likeness (QED) is 0.0967. The van der Waals surface area contributed by atoms with Crippen molar-refractivity contribution in [2.24, 2.45) is 11.8 Å². The van der Waals surface area contributed by atoms with E-state index in [1.807, 2.05) is 0 Å². The number of unbranched alkanes of at least 4 members (excludes halogenated alkanes) is 1. The third kappa shape index (κ3) is 11.5. The molecule has 4 fully saturated rings. The maximum Gasteiger partial charge on any atom is 0.191 e. The van der Waals surface area contributed by atoms with Crippen LogP contribution in [-0.4, -0.2) is 78.2 Å². The fourth-order valence-electron chi connectivity index (χ4n) is 6.44. The smallest absolute Gasteiger partial charge is 0.191 e. The Hall–Kier alpha value is -0.653. The molecule has 254 valence electrons. The summed E-state index contributed by atoms with van der Waals surface area (Å²) >= 11 is 0. The predicted octanol–water partition coefficient (Wildman–Crippen LogP) is 7.70. The first-order valence-electron chi connectivity index (χ1n) is 17.7. The molecule has 0 spiro atoms. The van der Waals surface area contributed by atoms with Gasteiger partial charge < -0.3 is 32.8 Å². The molecule has 0 N–H and O–H groups in total. The molecular formula is C35H62O8Si. The Morgan fingerprint density at radius 2 is 1.36 bits per heavy atom. The molecular weight excluding hydrogens is 576 g/mol. The van der Waals surface area contributed by atoms with Crippen molar-refractivity contribution in [2.75, 3.05) is 33.0 Å². The fourth-order valence-corrected chi connectivity index (χ4v) is 7.48. The van der Waals surface area contributed by atoms with Crippen LogP contribution in [0.3, 0.4) is 0 Å². The number of ether oxygens (including phenoxy) is 6. The van der Waals surface area contributed by atoms with Crippen molar-refractivity contribution in [1.29, 1.82) is 0 Å². The molecule has 0 aromatic heterocycles. The van der Waals surface area contributed by atoms with Crippen LogP contribution in [-0.2, 0) is 37.6 Å². The third-order valence-corrected chi connectivity index (χ3v) is 14.8. The Morgan fingerprint density at radius 1 is 0.795 bits per heavy atom. The number of ketones is 1. The lowest BCUT2D eigenvalue weighted by atomic mass is 9.90. The van der Waals surface area contributed by atoms with Crippen LogP contribution in [0.1, 0.15) is 111 Å². The summed E-state index contributed by atoms with van der Waals surface area (Å²) in [6, 6.07) is 0. The number of allylic oxidation sites excluding steroid dienone is 2. The van der Waals surface area contributed by atoms with Crippen LogP contribution in [0.25, 0.3) is 0 Å². The third-order valence-electron chi connectivity index (χ3n) is 10.3. The first-order valence-corrected chi connectivity index (χ1v) is 20.6. The number of carbonyl (C=O) groups is 1. The van der Waals surface area contributed by atoms with Gasteiger partial charge in [-0.25, -0.2) is 0 Å². The molecule has 0 aromatic carbocycles. The van der Waals surface area contributed by atoms with E-state index < -0.39 is 8.32 Å². The molecule has 3 unspecified atom stereocenters. The molecule has 7 atom stereocenters. The fraction of sp³-hybridized carbons (Fsp3) is 0.914. The van der Waals surface area contributed by atoms with E-state index in [0.717, 1.165) is 103 Å². The lowest BCUT2D eigenvalue weighted by Crippen LogP contribution is -2.44. The summed E-state index contributed by atoms with van der Waals surface area (Å²) in [5.41, 5.74) is 0. The van der Waals surface area contributed by atoms with Crippen molar-refractivity contribution < 1.29 is 37.6 Å². The van der Waals surface area contributed by atoms with Gasteiger partial charge in [-0.05, 0) is 101 Å². The van der Waals surface area contributed by atoms with Crippen molar-refractivity contribution in [3.63, 3.8) is 0 Å². The number of hydrogen-bond acceptors (Lipinski definition) is 8. The Kier molecular flexibility index (Phi) is 14.8. The molecule has 4 aliphatic rings. The van der Waals surface area contributed by atoms with E-state index in [-0.39, 0.29) is 60.3 Å². The van der Waals surface area contributed by atoms with E-state index >= 15 is 0 Å². The van der Waals surface area contributed by atoms with Crippen LogP contribution < -0.4 is 0 Å². The SMILES string of the molecule is CC(C)(C)[Si](C)(C)OC[C@@H]1[C@@H](C/C=C\CCCC(=O)COC2CCCCO2)[C@H](OC2CCCCO2)C[C@H]1OC1CCCCO1. The monoisotopic (exact) mass is 638 g/mol. The number of Topliss-reactive ketones (excluding diaryl/α,β-unsaturated/α-hetero) is 1. The van der Waals surface area contributed by atoms with Gasteiger partial charge in [0.1, 0.15) is 6.61 Å². The predicted molar refractivity (Wildman–Crippen MR) is 174 cm³/mol. The summed E-state index contributed by atoms with van der Waals surface area (Å²) in [5, 5.41) is 0.140. The van der Waals surface area contributed by atoms with E-state index in [4.69, 9.17) is 32.8 Å². The summed E-state index contributed by atoms with van der Waals surface area (Å²) < 4.78 is 43.6. The second-order valence-corrected chi connectivity index (χ2v) is 19.6. The minimum atomic E-state index is -1.95. The van der Waals surface area contributed by atoms with Gasteiger partial charge in [-0.1, -0.05) is 32.9 Å². The molecule has 0 bridgehead atoms. The minimum Gasteiger partial charge on any atom is -0.416 e. The van der Waals surface area contributed by atoms with Gasteiger partial charge >= 0.3 is 0 Å². The van der Waals surface area contributed by atoms with Crippen molar-refractivity contribution in [1.82, 2.24) is 0 Å². The molecule has 0 radical (unpaired) electrons. The van der Waals surface area contributed by atoms with Gasteiger partial charge in [-0.2, -0.15) is 0 Å². The van der Waals surface area contributed by atoms with E-state index in [0.29, 0.717) is 13.0 Å². The average molecular weight is 639 g/mol. The average Bonchev–Trinajstić information content (AvgIpc) is 3.32. The first kappa shape index (κ1) is 36.2. The Labute approximate surface area is 268 Å². The van der Waals surface area contributed by atoms with E-state index in [2.05, 4.69) is 46.0 Å². The van der Waals surface area contributed by atoms with Gasteiger partial charge in [0, 0.05) is 45.2 Å². The zero-order valence-electron chi connectivity index (χ0n) is 28.4. The van der Waals surface area contributed by atoms with Crippen molar-refractivity contribution >= 4 is 14.1 Å². The topological polar surface area (TPSA) is 81.7 Å². The highest BCUT2D eigenvalue weighted by molar-refractivity contribution is 6.74. The number of hydrogen-bond donors (Lipinski definition) is 0. The van der Waals surface area contributed by atoms with E-state index in [1.165, 1.54) is 0 Å². The molecule has 3 aliphatic heterocycles. The maximum absolute atomic E-state index is 12.4. The van der Waals surface area contributed by atoms with E-state index in [9.17, 15) is 4.79 Å². The highest BCUT2D eigenvalue weighted by Gasteiger charge is 2.48. The van der Waals surface area contributed by atoms with Crippen molar-refractivity contribution in [3.8, 4) is 0 Å². The van der Waals surface area contributed by atoms with Crippen molar-refractivity contribution in [3.05, 3.63) is 12.2 Å². The molecule has 3 heterocycles. The summed E-state index contributed by atoms with van der Waals surface area (Å²) in [4.78, 5) is 12.4. The van der Waals surface area contributed by atoms with Gasteiger partial charge in [0.2, 0.25) is 0 Å². The van der Waals surface area contributed by atoms with Gasteiger partial charge in [0.05, 0.1) is 12.2 Å². The minimum absolute atomic E-state index is 0.0284. The molecule has 9 heteroatoms. The van der Waals surface area contributed by atoms with Gasteiger partial charge in [-0.3, -0.25) is 4.79 Å². The normalized spacial score (nSPS) is 32.3. The molecule has 8 nitrogen and oxygen atoms in total. The highest BCUT2D eigenvalue weighted by Crippen LogP contribution is 2.43. The van der Waals surface area contributed by atoms with Crippen molar-refractivity contribution in [2.45, 2.75) is 160 Å². The molecule has 3 saturated heterocycles. The molecule has 1 saturated carbocycles. The highest BCUT2D eigenvalue weighted by atomic mass is 28.4. The maximum atomic E-state index is 12.4. The summed E-state index contributed by atoms with van der Waals surface area (Å²) in [6.07, 6.45) is 17.5. The summed E-state index contributed by atoms with van der Waals surface area (Å²) in [5.74, 6) is 0.631. The molecule has 4 rings (SSSR count). The molecule has 0 aromatic rings. The Bertz CT molecular complexity index is 855. The van der Waals surface area contributed by atoms with E-state index in [1.54, 1.807) is 0 Å². The van der Waals surface area contributed by atoms with Gasteiger partial charge in [-0.15, -0.1) is 0 Å². The zero-order chi connectivity index (χ0) is 31.4.